The highest BCUT2D eigenvalue weighted by molar-refractivity contribution is 7.89. The molecule has 1 aromatic heterocycles. The van der Waals surface area contributed by atoms with E-state index in [0.29, 0.717) is 30.8 Å². The van der Waals surface area contributed by atoms with Crippen molar-refractivity contribution in [3.63, 3.8) is 0 Å². The second-order valence-electron chi connectivity index (χ2n) is 7.79. The van der Waals surface area contributed by atoms with Crippen molar-refractivity contribution in [2.24, 2.45) is 7.05 Å². The van der Waals surface area contributed by atoms with Crippen LogP contribution in [-0.2, 0) is 41.4 Å². The van der Waals surface area contributed by atoms with Crippen LogP contribution in [0.4, 0.5) is 0 Å². The number of amides is 1. The molecule has 1 N–H and O–H groups in total. The summed E-state index contributed by atoms with van der Waals surface area (Å²) in [7, 11) is -1.75. The van der Waals surface area contributed by atoms with Crippen molar-refractivity contribution in [1.82, 2.24) is 19.2 Å². The molecule has 0 fully saturated rings. The van der Waals surface area contributed by atoms with Gasteiger partial charge in [0.15, 0.2) is 0 Å². The quantitative estimate of drug-likeness (QED) is 0.808. The lowest BCUT2D eigenvalue weighted by molar-refractivity contribution is -0.120. The summed E-state index contributed by atoms with van der Waals surface area (Å²) in [5.74, 6) is 0.714. The Hall–Kier alpha value is -2.19. The van der Waals surface area contributed by atoms with E-state index in [-0.39, 0.29) is 12.5 Å². The Kier molecular flexibility index (Phi) is 5.87. The van der Waals surface area contributed by atoms with Gasteiger partial charge in [-0.05, 0) is 49.9 Å². The molecule has 8 heteroatoms. The van der Waals surface area contributed by atoms with Crippen LogP contribution in [-0.4, -0.2) is 34.7 Å². The number of fused-ring (bicyclic) bond motifs is 1. The number of nitrogens with zero attached hydrogens (tertiary/aromatic N) is 3. The van der Waals surface area contributed by atoms with E-state index in [0.717, 1.165) is 39.5 Å². The maximum atomic E-state index is 13.6. The van der Waals surface area contributed by atoms with Crippen LogP contribution in [0.15, 0.2) is 11.0 Å². The molecule has 0 bridgehead atoms. The number of aromatic nitrogens is 2. The molecule has 0 saturated heterocycles. The lowest BCUT2D eigenvalue weighted by Crippen LogP contribution is -2.37. The van der Waals surface area contributed by atoms with Crippen LogP contribution < -0.4 is 5.32 Å². The van der Waals surface area contributed by atoms with Gasteiger partial charge in [0.25, 0.3) is 0 Å². The molecule has 3 rings (SSSR count). The largest absolute Gasteiger partial charge is 0.349 e. The fourth-order valence-corrected chi connectivity index (χ4v) is 5.86. The number of rotatable bonds is 5. The van der Waals surface area contributed by atoms with Crippen molar-refractivity contribution in [2.45, 2.75) is 65.4 Å². The fourth-order valence-electron chi connectivity index (χ4n) is 3.88. The Morgan fingerprint density at radius 2 is 1.79 bits per heavy atom. The molecule has 1 aromatic carbocycles. The highest BCUT2D eigenvalue weighted by Gasteiger charge is 2.33. The van der Waals surface area contributed by atoms with Crippen molar-refractivity contribution >= 4 is 15.9 Å². The Morgan fingerprint density at radius 1 is 1.17 bits per heavy atom. The highest BCUT2D eigenvalue weighted by atomic mass is 32.2. The minimum Gasteiger partial charge on any atom is -0.349 e. The Bertz CT molecular complexity index is 1040. The van der Waals surface area contributed by atoms with Gasteiger partial charge in [0.1, 0.15) is 5.82 Å². The van der Waals surface area contributed by atoms with Crippen molar-refractivity contribution in [1.29, 1.82) is 0 Å². The molecule has 2 heterocycles. The van der Waals surface area contributed by atoms with E-state index in [9.17, 15) is 13.2 Å². The number of hydrogen-bond acceptors (Lipinski definition) is 4. The number of sulfonamides is 1. The molecule has 7 nitrogen and oxygen atoms in total. The van der Waals surface area contributed by atoms with Crippen molar-refractivity contribution < 1.29 is 13.2 Å². The average molecular weight is 419 g/mol. The van der Waals surface area contributed by atoms with Crippen molar-refractivity contribution in [3.8, 4) is 0 Å². The van der Waals surface area contributed by atoms with Crippen LogP contribution in [0.2, 0.25) is 0 Å². The van der Waals surface area contributed by atoms with E-state index in [2.05, 4.69) is 10.3 Å². The van der Waals surface area contributed by atoms with Gasteiger partial charge in [0.2, 0.25) is 15.9 Å². The smallest absolute Gasteiger partial charge is 0.243 e. The van der Waals surface area contributed by atoms with E-state index in [4.69, 9.17) is 0 Å². The molecule has 0 radical (unpaired) electrons. The summed E-state index contributed by atoms with van der Waals surface area (Å²) in [6, 6.07) is 2.04. The predicted octanol–water partition coefficient (Wildman–Crippen LogP) is 2.43. The minimum atomic E-state index is -3.63. The Balaban J connectivity index is 1.93. The number of carbonyl (C=O) groups is 1. The van der Waals surface area contributed by atoms with E-state index in [1.165, 1.54) is 0 Å². The van der Waals surface area contributed by atoms with Crippen molar-refractivity contribution in [3.05, 3.63) is 45.5 Å². The monoisotopic (exact) mass is 418 g/mol. The molecule has 158 valence electrons. The topological polar surface area (TPSA) is 84.3 Å². The van der Waals surface area contributed by atoms with Crippen molar-refractivity contribution in [2.75, 3.05) is 6.54 Å². The summed E-state index contributed by atoms with van der Waals surface area (Å²) >= 11 is 0. The van der Waals surface area contributed by atoms with E-state index in [1.807, 2.05) is 45.4 Å². The number of imidazole rings is 1. The zero-order chi connectivity index (χ0) is 21.5. The lowest BCUT2D eigenvalue weighted by atomic mass is 10.0. The van der Waals surface area contributed by atoms with E-state index in [1.54, 1.807) is 11.2 Å². The first-order chi connectivity index (χ1) is 13.6. The van der Waals surface area contributed by atoms with Crippen LogP contribution in [0.3, 0.4) is 0 Å². The molecule has 2 aromatic rings. The van der Waals surface area contributed by atoms with Crippen LogP contribution >= 0.6 is 0 Å². The molecule has 0 spiro atoms. The molecule has 0 unspecified atom stereocenters. The van der Waals surface area contributed by atoms with Gasteiger partial charge < -0.3 is 9.88 Å². The molecule has 0 aliphatic carbocycles. The third-order valence-electron chi connectivity index (χ3n) is 5.97. The third kappa shape index (κ3) is 3.83. The molecular weight excluding hydrogens is 388 g/mol. The second kappa shape index (κ2) is 7.91. The first kappa shape index (κ1) is 21.5. The molecule has 1 aliphatic rings. The van der Waals surface area contributed by atoms with Gasteiger partial charge in [-0.25, -0.2) is 13.4 Å². The summed E-state index contributed by atoms with van der Waals surface area (Å²) in [5.41, 5.74) is 5.39. The molecular formula is C21H30N4O3S. The minimum absolute atomic E-state index is 0.0315. The summed E-state index contributed by atoms with van der Waals surface area (Å²) in [4.78, 5) is 16.6. The standard InChI is InChI=1S/C21H30N4O3S/c1-7-20(26)22-11-19-23-17-8-9-25(12-18(17)24(19)6)29(27,28)21-15(4)13(2)10-14(3)16(21)5/h10H,7-9,11-12H2,1-6H3,(H,22,26). The highest BCUT2D eigenvalue weighted by Crippen LogP contribution is 2.31. The zero-order valence-corrected chi connectivity index (χ0v) is 18.9. The van der Waals surface area contributed by atoms with E-state index < -0.39 is 10.0 Å². The zero-order valence-electron chi connectivity index (χ0n) is 18.1. The third-order valence-corrected chi connectivity index (χ3v) is 8.09. The summed E-state index contributed by atoms with van der Waals surface area (Å²) in [5, 5.41) is 2.84. The van der Waals surface area contributed by atoms with Gasteiger partial charge in [-0.15, -0.1) is 0 Å². The Labute approximate surface area is 173 Å². The van der Waals surface area contributed by atoms with Crippen LogP contribution in [0.5, 0.6) is 0 Å². The number of nitrogens with one attached hydrogen (secondary N) is 1. The maximum absolute atomic E-state index is 13.6. The SMILES string of the molecule is CCC(=O)NCc1nc2c(n1C)CN(S(=O)(=O)c1c(C)c(C)cc(C)c1C)CC2. The van der Waals surface area contributed by atoms with Gasteiger partial charge in [0.05, 0.1) is 29.4 Å². The second-order valence-corrected chi connectivity index (χ2v) is 9.66. The Morgan fingerprint density at radius 3 is 2.38 bits per heavy atom. The number of hydrogen-bond donors (Lipinski definition) is 1. The van der Waals surface area contributed by atoms with Crippen LogP contribution in [0.1, 0.15) is 52.8 Å². The summed E-state index contributed by atoms with van der Waals surface area (Å²) in [6.45, 7) is 10.5. The molecule has 29 heavy (non-hydrogen) atoms. The predicted molar refractivity (Wildman–Crippen MR) is 112 cm³/mol. The van der Waals surface area contributed by atoms with Crippen LogP contribution in [0, 0.1) is 27.7 Å². The first-order valence-electron chi connectivity index (χ1n) is 9.95. The summed E-state index contributed by atoms with van der Waals surface area (Å²) in [6.07, 6.45) is 0.984. The molecule has 1 amide bonds. The van der Waals surface area contributed by atoms with Gasteiger partial charge in [-0.2, -0.15) is 4.31 Å². The lowest BCUT2D eigenvalue weighted by Gasteiger charge is -2.28. The number of aryl methyl sites for hydroxylation is 2. The van der Waals surface area contributed by atoms with Gasteiger partial charge >= 0.3 is 0 Å². The number of carbonyl (C=O) groups excluding carboxylic acids is 1. The number of benzene rings is 1. The normalized spacial score (nSPS) is 14.7. The first-order valence-corrected chi connectivity index (χ1v) is 11.4. The molecule has 0 atom stereocenters. The van der Waals surface area contributed by atoms with Gasteiger partial charge in [-0.3, -0.25) is 4.79 Å². The molecule has 1 aliphatic heterocycles. The van der Waals surface area contributed by atoms with Gasteiger partial charge in [-0.1, -0.05) is 13.0 Å². The maximum Gasteiger partial charge on any atom is 0.243 e. The van der Waals surface area contributed by atoms with E-state index >= 15 is 0 Å². The molecule has 0 saturated carbocycles. The average Bonchev–Trinajstić information content (AvgIpc) is 2.99. The summed E-state index contributed by atoms with van der Waals surface area (Å²) < 4.78 is 30.6. The van der Waals surface area contributed by atoms with Crippen LogP contribution in [0.25, 0.3) is 0 Å². The van der Waals surface area contributed by atoms with Gasteiger partial charge in [0, 0.05) is 26.4 Å². The fraction of sp³-hybridized carbons (Fsp3) is 0.524.